The maximum Gasteiger partial charge on any atom is 0.306 e. The molecular formula is C83H152O5. The first-order valence-corrected chi connectivity index (χ1v) is 39.5. The van der Waals surface area contributed by atoms with Crippen molar-refractivity contribution in [2.24, 2.45) is 0 Å². The SMILES string of the molecule is CCCCCCC/C=C\C/C=C\C/C=C\CCCCCCCCCCCCCCCCCCCCCCCCC(=O)OCC(CO)OC(=O)CCCCCCCCCCCCCCCCCCCCCCCC/C=C\C/C=C\C/C=C\CCCCCCC. The highest BCUT2D eigenvalue weighted by atomic mass is 16.6. The quantitative estimate of drug-likeness (QED) is 0.0373. The summed E-state index contributed by atoms with van der Waals surface area (Å²) in [6.45, 7) is 4.17. The molecule has 88 heavy (non-hydrogen) atoms. The fourth-order valence-electron chi connectivity index (χ4n) is 12.0. The summed E-state index contributed by atoms with van der Waals surface area (Å²) in [5, 5.41) is 9.73. The summed E-state index contributed by atoms with van der Waals surface area (Å²) in [7, 11) is 0. The van der Waals surface area contributed by atoms with Gasteiger partial charge in [0.15, 0.2) is 6.10 Å². The average Bonchev–Trinajstić information content (AvgIpc) is 3.55. The van der Waals surface area contributed by atoms with Crippen molar-refractivity contribution in [1.29, 1.82) is 0 Å². The minimum Gasteiger partial charge on any atom is -0.462 e. The number of rotatable bonds is 74. The lowest BCUT2D eigenvalue weighted by molar-refractivity contribution is -0.161. The van der Waals surface area contributed by atoms with Crippen LogP contribution in [0.4, 0.5) is 0 Å². The summed E-state index contributed by atoms with van der Waals surface area (Å²) < 4.78 is 10.8. The van der Waals surface area contributed by atoms with Crippen LogP contribution >= 0.6 is 0 Å². The molecule has 0 aromatic heterocycles. The third-order valence-corrected chi connectivity index (χ3v) is 18.0. The molecule has 0 aromatic carbocycles. The molecule has 0 aliphatic rings. The van der Waals surface area contributed by atoms with Crippen molar-refractivity contribution in [3.63, 3.8) is 0 Å². The lowest BCUT2D eigenvalue weighted by Crippen LogP contribution is -2.28. The molecule has 0 amide bonds. The van der Waals surface area contributed by atoms with E-state index < -0.39 is 6.10 Å². The molecule has 0 radical (unpaired) electrons. The molecule has 0 heterocycles. The van der Waals surface area contributed by atoms with Gasteiger partial charge in [0.1, 0.15) is 6.61 Å². The Balaban J connectivity index is 3.39. The smallest absolute Gasteiger partial charge is 0.306 e. The fraction of sp³-hybridized carbons (Fsp3) is 0.831. The number of ether oxygens (including phenoxy) is 2. The van der Waals surface area contributed by atoms with Crippen molar-refractivity contribution >= 4 is 11.9 Å². The summed E-state index contributed by atoms with van der Waals surface area (Å²) in [5.41, 5.74) is 0. The van der Waals surface area contributed by atoms with Gasteiger partial charge in [0.05, 0.1) is 6.61 Å². The second kappa shape index (κ2) is 78.6. The van der Waals surface area contributed by atoms with E-state index in [0.29, 0.717) is 12.8 Å². The molecule has 1 N–H and O–H groups in total. The molecule has 0 saturated carbocycles. The van der Waals surface area contributed by atoms with Crippen LogP contribution in [0.2, 0.25) is 0 Å². The number of carbonyl (C=O) groups excluding carboxylic acids is 2. The van der Waals surface area contributed by atoms with Crippen molar-refractivity contribution in [1.82, 2.24) is 0 Å². The highest BCUT2D eigenvalue weighted by Crippen LogP contribution is 2.19. The first-order valence-electron chi connectivity index (χ1n) is 39.5. The van der Waals surface area contributed by atoms with Crippen molar-refractivity contribution < 1.29 is 24.2 Å². The first kappa shape index (κ1) is 85.3. The molecule has 0 aliphatic carbocycles. The predicted octanol–water partition coefficient (Wildman–Crippen LogP) is 27.8. The molecule has 5 nitrogen and oxygen atoms in total. The van der Waals surface area contributed by atoms with Crippen molar-refractivity contribution in [2.75, 3.05) is 13.2 Å². The van der Waals surface area contributed by atoms with E-state index in [9.17, 15) is 14.7 Å². The second-order valence-electron chi connectivity index (χ2n) is 26.8. The monoisotopic (exact) mass is 1230 g/mol. The van der Waals surface area contributed by atoms with E-state index in [-0.39, 0.29) is 25.2 Å². The minimum atomic E-state index is -0.773. The normalized spacial score (nSPS) is 12.5. The van der Waals surface area contributed by atoms with Gasteiger partial charge in [-0.15, -0.1) is 0 Å². The second-order valence-corrected chi connectivity index (χ2v) is 26.8. The maximum atomic E-state index is 12.4. The van der Waals surface area contributed by atoms with Gasteiger partial charge in [-0.3, -0.25) is 9.59 Å². The maximum absolute atomic E-state index is 12.4. The number of hydrogen-bond acceptors (Lipinski definition) is 5. The van der Waals surface area contributed by atoms with Crippen LogP contribution in [-0.2, 0) is 19.1 Å². The van der Waals surface area contributed by atoms with Crippen LogP contribution in [0.15, 0.2) is 72.9 Å². The van der Waals surface area contributed by atoms with Crippen LogP contribution in [0.25, 0.3) is 0 Å². The molecule has 0 rings (SSSR count). The van der Waals surface area contributed by atoms with Gasteiger partial charge in [-0.25, -0.2) is 0 Å². The molecule has 0 saturated heterocycles. The Labute approximate surface area is 550 Å². The van der Waals surface area contributed by atoms with Crippen LogP contribution in [0.1, 0.15) is 425 Å². The van der Waals surface area contributed by atoms with Gasteiger partial charge in [-0.2, -0.15) is 0 Å². The molecule has 0 aliphatic heterocycles. The molecule has 1 unspecified atom stereocenters. The average molecular weight is 1230 g/mol. The molecular weight excluding hydrogens is 1080 g/mol. The minimum absolute atomic E-state index is 0.0610. The van der Waals surface area contributed by atoms with Gasteiger partial charge in [0.2, 0.25) is 0 Å². The number of aliphatic hydroxyl groups excluding tert-OH is 1. The van der Waals surface area contributed by atoms with Gasteiger partial charge < -0.3 is 14.6 Å². The number of carbonyl (C=O) groups is 2. The summed E-state index contributed by atoms with van der Waals surface area (Å²) in [6, 6.07) is 0. The van der Waals surface area contributed by atoms with E-state index in [1.807, 2.05) is 0 Å². The van der Waals surface area contributed by atoms with Gasteiger partial charge in [0.25, 0.3) is 0 Å². The van der Waals surface area contributed by atoms with E-state index in [0.717, 1.165) is 64.2 Å². The Morgan fingerprint density at radius 3 is 0.682 bits per heavy atom. The topological polar surface area (TPSA) is 72.8 Å². The van der Waals surface area contributed by atoms with Crippen molar-refractivity contribution in [3.8, 4) is 0 Å². The van der Waals surface area contributed by atoms with Gasteiger partial charge in [-0.05, 0) is 89.9 Å². The summed E-state index contributed by atoms with van der Waals surface area (Å²) in [4.78, 5) is 24.7. The zero-order valence-electron chi connectivity index (χ0n) is 59.3. The van der Waals surface area contributed by atoms with Crippen LogP contribution in [-0.4, -0.2) is 36.4 Å². The van der Waals surface area contributed by atoms with E-state index in [2.05, 4.69) is 86.8 Å². The Kier molecular flexibility index (Phi) is 76.2. The zero-order chi connectivity index (χ0) is 63.3. The number of aliphatic hydroxyl groups is 1. The number of hydrogen-bond donors (Lipinski definition) is 1. The molecule has 5 heteroatoms. The molecule has 0 spiro atoms. The highest BCUT2D eigenvalue weighted by molar-refractivity contribution is 5.70. The molecule has 0 aromatic rings. The number of unbranched alkanes of at least 4 members (excludes halogenated alkanes) is 54. The van der Waals surface area contributed by atoms with Crippen molar-refractivity contribution in [2.45, 2.75) is 431 Å². The highest BCUT2D eigenvalue weighted by Gasteiger charge is 2.16. The van der Waals surface area contributed by atoms with E-state index in [1.165, 1.54) is 334 Å². The largest absolute Gasteiger partial charge is 0.462 e. The van der Waals surface area contributed by atoms with Gasteiger partial charge >= 0.3 is 11.9 Å². The van der Waals surface area contributed by atoms with Crippen LogP contribution in [0, 0.1) is 0 Å². The van der Waals surface area contributed by atoms with E-state index in [1.54, 1.807) is 0 Å². The molecule has 0 bridgehead atoms. The van der Waals surface area contributed by atoms with Gasteiger partial charge in [0, 0.05) is 12.8 Å². The zero-order valence-corrected chi connectivity index (χ0v) is 59.3. The van der Waals surface area contributed by atoms with Crippen LogP contribution < -0.4 is 0 Å². The Morgan fingerprint density at radius 1 is 0.261 bits per heavy atom. The molecule has 514 valence electrons. The summed E-state index contributed by atoms with van der Waals surface area (Å²) in [5.74, 6) is -0.567. The summed E-state index contributed by atoms with van der Waals surface area (Å²) >= 11 is 0. The van der Waals surface area contributed by atoms with Crippen LogP contribution in [0.5, 0.6) is 0 Å². The molecule has 1 atom stereocenters. The Bertz CT molecular complexity index is 1540. The molecule has 0 fully saturated rings. The third kappa shape index (κ3) is 75.8. The Morgan fingerprint density at radius 2 is 0.455 bits per heavy atom. The van der Waals surface area contributed by atoms with Crippen molar-refractivity contribution in [3.05, 3.63) is 72.9 Å². The van der Waals surface area contributed by atoms with E-state index in [4.69, 9.17) is 9.47 Å². The van der Waals surface area contributed by atoms with Crippen LogP contribution in [0.3, 0.4) is 0 Å². The lowest BCUT2D eigenvalue weighted by Gasteiger charge is -2.15. The Hall–Kier alpha value is -2.66. The first-order chi connectivity index (χ1) is 43.6. The lowest BCUT2D eigenvalue weighted by atomic mass is 10.0. The summed E-state index contributed by atoms with van der Waals surface area (Å²) in [6.07, 6.45) is 110. The number of allylic oxidation sites excluding steroid dienone is 12. The standard InChI is InChI=1S/C83H152O5/c1-3-5-7-9-11-13-15-17-19-21-23-25-27-29-31-33-35-37-39-41-43-45-47-49-51-53-55-57-59-61-63-65-67-69-71-73-75-77-82(85)87-80-81(79-84)88-83(86)78-76-74-72-70-68-66-64-62-60-58-56-54-52-50-48-46-44-42-40-38-36-34-32-30-28-26-24-22-20-18-16-14-12-10-8-6-4-2/h15-18,21-24,27-30,81,84H,3-14,19-20,25-26,31-80H2,1-2H3/b17-15-,18-16-,23-21-,24-22-,29-27-,30-28-. The predicted molar refractivity (Wildman–Crippen MR) is 390 cm³/mol. The van der Waals surface area contributed by atoms with Gasteiger partial charge in [-0.1, -0.05) is 395 Å². The fourth-order valence-corrected chi connectivity index (χ4v) is 12.0. The van der Waals surface area contributed by atoms with E-state index >= 15 is 0 Å². The third-order valence-electron chi connectivity index (χ3n) is 18.0. The number of esters is 2.